The summed E-state index contributed by atoms with van der Waals surface area (Å²) in [5, 5.41) is 3.54. The third kappa shape index (κ3) is 4.08. The molecule has 1 aromatic heterocycles. The molecule has 1 aliphatic rings. The molecule has 0 bridgehead atoms. The number of nitrogens with one attached hydrogen (secondary N) is 1. The van der Waals surface area contributed by atoms with Crippen molar-refractivity contribution in [2.45, 2.75) is 51.2 Å². The Morgan fingerprint density at radius 3 is 2.71 bits per heavy atom. The van der Waals surface area contributed by atoms with Crippen LogP contribution in [-0.4, -0.2) is 19.3 Å². The van der Waals surface area contributed by atoms with Gasteiger partial charge in [-0.1, -0.05) is 44.2 Å². The molecule has 2 atom stereocenters. The molecule has 2 aromatic rings. The molecule has 1 aromatic carbocycles. The second-order valence-corrected chi connectivity index (χ2v) is 7.26. The zero-order chi connectivity index (χ0) is 16.8. The maximum atomic E-state index is 6.05. The van der Waals surface area contributed by atoms with E-state index >= 15 is 0 Å². The van der Waals surface area contributed by atoms with E-state index in [-0.39, 0.29) is 5.41 Å². The predicted molar refractivity (Wildman–Crippen MR) is 97.0 cm³/mol. The van der Waals surface area contributed by atoms with Crippen molar-refractivity contribution < 1.29 is 9.15 Å². The van der Waals surface area contributed by atoms with Gasteiger partial charge in [0.15, 0.2) is 0 Å². The van der Waals surface area contributed by atoms with E-state index in [0.29, 0.717) is 12.0 Å². The van der Waals surface area contributed by atoms with Gasteiger partial charge in [0.25, 0.3) is 0 Å². The van der Waals surface area contributed by atoms with Gasteiger partial charge in [0.05, 0.1) is 18.9 Å². The first-order chi connectivity index (χ1) is 11.7. The van der Waals surface area contributed by atoms with Gasteiger partial charge in [0, 0.05) is 12.0 Å². The Morgan fingerprint density at radius 1 is 1.17 bits per heavy atom. The summed E-state index contributed by atoms with van der Waals surface area (Å²) >= 11 is 0. The van der Waals surface area contributed by atoms with Crippen LogP contribution in [0.1, 0.15) is 44.4 Å². The minimum atomic E-state index is 0.213. The monoisotopic (exact) mass is 327 g/mol. The van der Waals surface area contributed by atoms with Crippen LogP contribution < -0.4 is 5.32 Å². The molecule has 24 heavy (non-hydrogen) atoms. The smallest absolute Gasteiger partial charge is 0.117 e. The molecule has 3 nitrogen and oxygen atoms in total. The van der Waals surface area contributed by atoms with Crippen LogP contribution >= 0.6 is 0 Å². The van der Waals surface area contributed by atoms with Crippen LogP contribution in [0.15, 0.2) is 53.1 Å². The second kappa shape index (κ2) is 8.00. The van der Waals surface area contributed by atoms with E-state index < -0.39 is 0 Å². The first kappa shape index (κ1) is 17.2. The van der Waals surface area contributed by atoms with Gasteiger partial charge in [-0.05, 0) is 49.4 Å². The van der Waals surface area contributed by atoms with E-state index in [1.165, 1.54) is 5.56 Å². The van der Waals surface area contributed by atoms with Crippen molar-refractivity contribution >= 4 is 0 Å². The molecule has 2 heterocycles. The Morgan fingerprint density at radius 2 is 2.00 bits per heavy atom. The Hall–Kier alpha value is -1.58. The van der Waals surface area contributed by atoms with Crippen LogP contribution in [-0.2, 0) is 16.7 Å². The summed E-state index contributed by atoms with van der Waals surface area (Å²) in [5.41, 5.74) is 1.67. The highest BCUT2D eigenvalue weighted by Gasteiger charge is 2.38. The van der Waals surface area contributed by atoms with Gasteiger partial charge in [0.2, 0.25) is 0 Å². The van der Waals surface area contributed by atoms with Gasteiger partial charge in [0.1, 0.15) is 5.76 Å². The third-order valence-corrected chi connectivity index (χ3v) is 5.29. The molecule has 1 saturated heterocycles. The minimum absolute atomic E-state index is 0.213. The summed E-state index contributed by atoms with van der Waals surface area (Å²) < 4.78 is 11.4. The van der Waals surface area contributed by atoms with Crippen LogP contribution in [0.2, 0.25) is 0 Å². The van der Waals surface area contributed by atoms with Crippen molar-refractivity contribution in [2.24, 2.45) is 5.92 Å². The van der Waals surface area contributed by atoms with Gasteiger partial charge in [-0.3, -0.25) is 0 Å². The summed E-state index contributed by atoms with van der Waals surface area (Å²) in [4.78, 5) is 0. The maximum Gasteiger partial charge on any atom is 0.117 e. The number of furan rings is 1. The quantitative estimate of drug-likeness (QED) is 0.759. The molecular weight excluding hydrogens is 298 g/mol. The summed E-state index contributed by atoms with van der Waals surface area (Å²) in [6.45, 7) is 7.17. The molecule has 0 radical (unpaired) electrons. The van der Waals surface area contributed by atoms with E-state index in [9.17, 15) is 0 Å². The van der Waals surface area contributed by atoms with Gasteiger partial charge < -0.3 is 14.5 Å². The molecule has 0 spiro atoms. The van der Waals surface area contributed by atoms with E-state index in [0.717, 1.165) is 44.7 Å². The molecule has 0 unspecified atom stereocenters. The van der Waals surface area contributed by atoms with Crippen molar-refractivity contribution in [3.63, 3.8) is 0 Å². The molecular formula is C21H29NO2. The fourth-order valence-electron chi connectivity index (χ4n) is 3.76. The van der Waals surface area contributed by atoms with Gasteiger partial charge in [-0.25, -0.2) is 0 Å². The summed E-state index contributed by atoms with van der Waals surface area (Å²) in [7, 11) is 0. The summed E-state index contributed by atoms with van der Waals surface area (Å²) in [5.74, 6) is 1.56. The van der Waals surface area contributed by atoms with Gasteiger partial charge >= 0.3 is 0 Å². The van der Waals surface area contributed by atoms with Crippen LogP contribution in [0.25, 0.3) is 0 Å². The van der Waals surface area contributed by atoms with Crippen molar-refractivity contribution in [3.05, 3.63) is 60.1 Å². The number of benzene rings is 1. The highest BCUT2D eigenvalue weighted by Crippen LogP contribution is 2.41. The molecule has 1 fully saturated rings. The van der Waals surface area contributed by atoms with Gasteiger partial charge in [-0.15, -0.1) is 0 Å². The van der Waals surface area contributed by atoms with Crippen molar-refractivity contribution in [1.29, 1.82) is 0 Å². The second-order valence-electron chi connectivity index (χ2n) is 7.26. The molecule has 130 valence electrons. The lowest BCUT2D eigenvalue weighted by Gasteiger charge is -2.43. The van der Waals surface area contributed by atoms with Crippen molar-refractivity contribution in [1.82, 2.24) is 5.32 Å². The highest BCUT2D eigenvalue weighted by atomic mass is 16.5. The molecule has 0 saturated carbocycles. The van der Waals surface area contributed by atoms with E-state index in [1.54, 1.807) is 6.26 Å². The van der Waals surface area contributed by atoms with Crippen LogP contribution in [0, 0.1) is 5.92 Å². The first-order valence-electron chi connectivity index (χ1n) is 9.10. The largest absolute Gasteiger partial charge is 0.468 e. The number of rotatable bonds is 7. The molecule has 1 N–H and O–H groups in total. The van der Waals surface area contributed by atoms with E-state index in [2.05, 4.69) is 49.5 Å². The number of hydrogen-bond acceptors (Lipinski definition) is 3. The molecule has 1 aliphatic heterocycles. The van der Waals surface area contributed by atoms with Gasteiger partial charge in [-0.2, -0.15) is 0 Å². The average molecular weight is 327 g/mol. The minimum Gasteiger partial charge on any atom is -0.468 e. The standard InChI is InChI=1S/C21H29NO2/c1-17(2)20-15-21(11-14-24-20,18-7-4-3-5-8-18)10-12-22-16-19-9-6-13-23-19/h3-9,13,17,20,22H,10-12,14-16H2,1-2H3/t20-,21+/m0/s1. The first-order valence-corrected chi connectivity index (χ1v) is 9.10. The highest BCUT2D eigenvalue weighted by molar-refractivity contribution is 5.26. The molecule has 0 amide bonds. The Labute approximate surface area is 145 Å². The molecule has 3 rings (SSSR count). The third-order valence-electron chi connectivity index (χ3n) is 5.29. The summed E-state index contributed by atoms with van der Waals surface area (Å²) in [6.07, 6.45) is 5.42. The normalized spacial score (nSPS) is 24.4. The van der Waals surface area contributed by atoms with Crippen molar-refractivity contribution in [3.8, 4) is 0 Å². The van der Waals surface area contributed by atoms with E-state index in [4.69, 9.17) is 9.15 Å². The Bertz CT molecular complexity index is 594. The topological polar surface area (TPSA) is 34.4 Å². The average Bonchev–Trinajstić information content (AvgIpc) is 3.13. The molecule has 3 heteroatoms. The Balaban J connectivity index is 1.68. The number of hydrogen-bond donors (Lipinski definition) is 1. The fourth-order valence-corrected chi connectivity index (χ4v) is 3.76. The molecule has 0 aliphatic carbocycles. The van der Waals surface area contributed by atoms with Crippen LogP contribution in [0.5, 0.6) is 0 Å². The summed E-state index contributed by atoms with van der Waals surface area (Å²) in [6, 6.07) is 15.0. The lowest BCUT2D eigenvalue weighted by Crippen LogP contribution is -2.42. The number of ether oxygens (including phenoxy) is 1. The van der Waals surface area contributed by atoms with Crippen LogP contribution in [0.4, 0.5) is 0 Å². The maximum absolute atomic E-state index is 6.05. The van der Waals surface area contributed by atoms with Crippen molar-refractivity contribution in [2.75, 3.05) is 13.2 Å². The Kier molecular flexibility index (Phi) is 5.75. The fraction of sp³-hybridized carbons (Fsp3) is 0.524. The SMILES string of the molecule is CC(C)[C@@H]1C[C@](CCNCc2ccco2)(c2ccccc2)CCO1. The predicted octanol–water partition coefficient (Wildman–Crippen LogP) is 4.53. The van der Waals surface area contributed by atoms with Crippen LogP contribution in [0.3, 0.4) is 0 Å². The lowest BCUT2D eigenvalue weighted by molar-refractivity contribution is -0.0469. The zero-order valence-electron chi connectivity index (χ0n) is 14.8. The van der Waals surface area contributed by atoms with E-state index in [1.807, 2.05) is 12.1 Å². The zero-order valence-corrected chi connectivity index (χ0v) is 14.8. The lowest BCUT2D eigenvalue weighted by atomic mass is 9.68.